The third kappa shape index (κ3) is 5.05. The Hall–Kier alpha value is -1.44. The lowest BCUT2D eigenvalue weighted by Crippen LogP contribution is -2.51. The number of ether oxygens (including phenoxy) is 1. The molecule has 7 heteroatoms. The summed E-state index contributed by atoms with van der Waals surface area (Å²) in [6.07, 6.45) is 2.90. The number of hydrogen-bond acceptors (Lipinski definition) is 5. The maximum absolute atomic E-state index is 12.6. The van der Waals surface area contributed by atoms with Gasteiger partial charge in [-0.05, 0) is 30.7 Å². The van der Waals surface area contributed by atoms with Crippen LogP contribution in [-0.4, -0.2) is 85.0 Å². The van der Waals surface area contributed by atoms with E-state index in [9.17, 15) is 9.59 Å². The molecule has 1 aromatic heterocycles. The average molecular weight is 380 g/mol. The van der Waals surface area contributed by atoms with E-state index in [1.54, 1.807) is 18.3 Å². The summed E-state index contributed by atoms with van der Waals surface area (Å²) in [7, 11) is 0. The molecule has 0 N–H and O–H groups in total. The molecule has 0 radical (unpaired) electrons. The number of hydrogen-bond donors (Lipinski definition) is 0. The Labute approximate surface area is 159 Å². The molecule has 3 rings (SSSR count). The van der Waals surface area contributed by atoms with Crippen LogP contribution in [0.3, 0.4) is 0 Å². The van der Waals surface area contributed by atoms with E-state index in [2.05, 4.69) is 4.90 Å². The predicted molar refractivity (Wildman–Crippen MR) is 103 cm³/mol. The second kappa shape index (κ2) is 9.48. The number of likely N-dealkylation sites (tertiary alicyclic amines) is 1. The van der Waals surface area contributed by atoms with E-state index < -0.39 is 0 Å². The number of piperidine rings is 1. The maximum atomic E-state index is 12.6. The molecule has 1 atom stereocenters. The van der Waals surface area contributed by atoms with Crippen LogP contribution in [0.5, 0.6) is 0 Å². The van der Waals surface area contributed by atoms with E-state index in [0.29, 0.717) is 6.54 Å². The van der Waals surface area contributed by atoms with Crippen molar-refractivity contribution < 1.29 is 14.3 Å². The molecule has 1 unspecified atom stereocenters. The average Bonchev–Trinajstić information content (AvgIpc) is 3.20. The fourth-order valence-electron chi connectivity index (χ4n) is 3.85. The van der Waals surface area contributed by atoms with Gasteiger partial charge in [-0.1, -0.05) is 0 Å². The van der Waals surface area contributed by atoms with E-state index in [1.807, 2.05) is 26.6 Å². The number of carbonyl (C=O) groups is 2. The lowest BCUT2D eigenvalue weighted by Gasteiger charge is -2.39. The smallest absolute Gasteiger partial charge is 0.254 e. The van der Waals surface area contributed by atoms with Crippen LogP contribution in [0.2, 0.25) is 0 Å². The Kier molecular flexibility index (Phi) is 7.05. The lowest BCUT2D eigenvalue weighted by atomic mass is 10.0. The van der Waals surface area contributed by atoms with Crippen molar-refractivity contribution in [3.8, 4) is 0 Å². The van der Waals surface area contributed by atoms with E-state index in [0.717, 1.165) is 70.8 Å². The van der Waals surface area contributed by atoms with Crippen molar-refractivity contribution in [2.75, 3.05) is 52.5 Å². The Morgan fingerprint density at radius 1 is 1.31 bits per heavy atom. The van der Waals surface area contributed by atoms with Gasteiger partial charge in [-0.25, -0.2) is 0 Å². The van der Waals surface area contributed by atoms with Gasteiger partial charge in [0.15, 0.2) is 0 Å². The van der Waals surface area contributed by atoms with Crippen molar-refractivity contribution in [3.63, 3.8) is 0 Å². The number of nitrogens with zero attached hydrogens (tertiary/aromatic N) is 3. The predicted octanol–water partition coefficient (Wildman–Crippen LogP) is 1.92. The number of morpholine rings is 1. The molecule has 2 fully saturated rings. The minimum absolute atomic E-state index is 0.0905. The fourth-order valence-corrected chi connectivity index (χ4v) is 4.48. The Bertz CT molecular complexity index is 587. The molecule has 6 nitrogen and oxygen atoms in total. The highest BCUT2D eigenvalue weighted by Gasteiger charge is 2.29. The van der Waals surface area contributed by atoms with Crippen molar-refractivity contribution in [3.05, 3.63) is 22.4 Å². The van der Waals surface area contributed by atoms with Gasteiger partial charge < -0.3 is 14.5 Å². The van der Waals surface area contributed by atoms with Gasteiger partial charge in [-0.3, -0.25) is 14.5 Å². The Morgan fingerprint density at radius 2 is 2.12 bits per heavy atom. The van der Waals surface area contributed by atoms with Crippen molar-refractivity contribution in [2.45, 2.75) is 32.2 Å². The van der Waals surface area contributed by atoms with Gasteiger partial charge in [0.05, 0.1) is 18.8 Å². The maximum Gasteiger partial charge on any atom is 0.254 e. The summed E-state index contributed by atoms with van der Waals surface area (Å²) < 4.78 is 5.38. The normalized spacial score (nSPS) is 21.6. The Morgan fingerprint density at radius 3 is 2.81 bits per heavy atom. The summed E-state index contributed by atoms with van der Waals surface area (Å²) in [5.74, 6) is 0.203. The highest BCUT2D eigenvalue weighted by Crippen LogP contribution is 2.20. The molecule has 0 saturated carbocycles. The molecule has 26 heavy (non-hydrogen) atoms. The quantitative estimate of drug-likeness (QED) is 0.758. The summed E-state index contributed by atoms with van der Waals surface area (Å²) in [4.78, 5) is 31.1. The molecular formula is C19H29N3O3S. The fraction of sp³-hybridized carbons (Fsp3) is 0.684. The highest BCUT2D eigenvalue weighted by molar-refractivity contribution is 7.08. The number of rotatable bonds is 6. The molecule has 2 aliphatic rings. The van der Waals surface area contributed by atoms with Gasteiger partial charge in [0.2, 0.25) is 5.91 Å². The standard InChI is InChI=1S/C19H29N3O3S/c1-16(23)22(8-3-6-20-9-11-25-12-10-20)18-4-2-7-21(14-18)19(24)17-5-13-26-15-17/h5,13,15,18H,2-4,6-12,14H2,1H3. The summed E-state index contributed by atoms with van der Waals surface area (Å²) in [6.45, 7) is 8.40. The third-order valence-electron chi connectivity index (χ3n) is 5.27. The van der Waals surface area contributed by atoms with Crippen LogP contribution < -0.4 is 0 Å². The first-order chi connectivity index (χ1) is 12.6. The number of amides is 2. The van der Waals surface area contributed by atoms with Crippen molar-refractivity contribution in [1.29, 1.82) is 0 Å². The second-order valence-electron chi connectivity index (χ2n) is 7.08. The van der Waals surface area contributed by atoms with Gasteiger partial charge in [0.1, 0.15) is 0 Å². The van der Waals surface area contributed by atoms with Gasteiger partial charge >= 0.3 is 0 Å². The SMILES string of the molecule is CC(=O)N(CCCN1CCOCC1)C1CCCN(C(=O)c2ccsc2)C1. The molecular weight excluding hydrogens is 350 g/mol. The van der Waals surface area contributed by atoms with Crippen LogP contribution in [0.15, 0.2) is 16.8 Å². The Balaban J connectivity index is 1.53. The van der Waals surface area contributed by atoms with Gasteiger partial charge in [-0.2, -0.15) is 11.3 Å². The summed E-state index contributed by atoms with van der Waals surface area (Å²) >= 11 is 1.54. The van der Waals surface area contributed by atoms with Crippen LogP contribution in [-0.2, 0) is 9.53 Å². The van der Waals surface area contributed by atoms with Crippen LogP contribution in [0.25, 0.3) is 0 Å². The minimum atomic E-state index is 0.0905. The minimum Gasteiger partial charge on any atom is -0.379 e. The van der Waals surface area contributed by atoms with Crippen LogP contribution in [0.4, 0.5) is 0 Å². The number of carbonyl (C=O) groups excluding carboxylic acids is 2. The summed E-state index contributed by atoms with van der Waals surface area (Å²) in [5, 5.41) is 3.83. The van der Waals surface area contributed by atoms with Crippen LogP contribution in [0, 0.1) is 0 Å². The highest BCUT2D eigenvalue weighted by atomic mass is 32.1. The first-order valence-corrected chi connectivity index (χ1v) is 10.5. The molecule has 144 valence electrons. The van der Waals surface area contributed by atoms with E-state index in [1.165, 1.54) is 0 Å². The largest absolute Gasteiger partial charge is 0.379 e. The first-order valence-electron chi connectivity index (χ1n) is 9.54. The van der Waals surface area contributed by atoms with Crippen LogP contribution >= 0.6 is 11.3 Å². The summed E-state index contributed by atoms with van der Waals surface area (Å²) in [6, 6.07) is 2.01. The van der Waals surface area contributed by atoms with E-state index in [-0.39, 0.29) is 17.9 Å². The second-order valence-corrected chi connectivity index (χ2v) is 7.86. The molecule has 2 aliphatic heterocycles. The zero-order valence-electron chi connectivity index (χ0n) is 15.6. The number of thiophene rings is 1. The molecule has 0 spiro atoms. The molecule has 0 aliphatic carbocycles. The third-order valence-corrected chi connectivity index (χ3v) is 5.96. The van der Waals surface area contributed by atoms with Crippen molar-refractivity contribution in [1.82, 2.24) is 14.7 Å². The molecule has 2 amide bonds. The van der Waals surface area contributed by atoms with Crippen molar-refractivity contribution in [2.24, 2.45) is 0 Å². The van der Waals surface area contributed by atoms with Gasteiger partial charge in [0, 0.05) is 57.6 Å². The van der Waals surface area contributed by atoms with Gasteiger partial charge in [0.25, 0.3) is 5.91 Å². The zero-order chi connectivity index (χ0) is 18.4. The van der Waals surface area contributed by atoms with Gasteiger partial charge in [-0.15, -0.1) is 0 Å². The molecule has 0 aromatic carbocycles. The molecule has 0 bridgehead atoms. The zero-order valence-corrected chi connectivity index (χ0v) is 16.4. The summed E-state index contributed by atoms with van der Waals surface area (Å²) in [5.41, 5.74) is 0.761. The molecule has 2 saturated heterocycles. The van der Waals surface area contributed by atoms with E-state index in [4.69, 9.17) is 4.74 Å². The monoisotopic (exact) mass is 379 g/mol. The lowest BCUT2D eigenvalue weighted by molar-refractivity contribution is -0.132. The molecule has 1 aromatic rings. The molecule has 3 heterocycles. The first kappa shape index (κ1) is 19.3. The topological polar surface area (TPSA) is 53.1 Å². The van der Waals surface area contributed by atoms with E-state index >= 15 is 0 Å². The van der Waals surface area contributed by atoms with Crippen LogP contribution in [0.1, 0.15) is 36.5 Å². The van der Waals surface area contributed by atoms with Crippen molar-refractivity contribution >= 4 is 23.2 Å².